The number of hydrogen-bond donors (Lipinski definition) is 0. The van der Waals surface area contributed by atoms with Gasteiger partial charge in [0, 0.05) is 55.4 Å². The van der Waals surface area contributed by atoms with Gasteiger partial charge in [-0.3, -0.25) is 9.88 Å². The Bertz CT molecular complexity index is 1120. The topological polar surface area (TPSA) is 73.1 Å². The number of methoxy groups -OCH3 is 1. The van der Waals surface area contributed by atoms with E-state index in [0.717, 1.165) is 61.1 Å². The Morgan fingerprint density at radius 1 is 0.938 bits per heavy atom. The van der Waals surface area contributed by atoms with Gasteiger partial charge < -0.3 is 23.5 Å². The Kier molecular flexibility index (Phi) is 5.38. The SMILES string of the molecule is COc1cc(-c2nc(CN3CCN(c4cc(C)nc(C)c4)CC3)c(C)o2)cc2c1OCO2. The van der Waals surface area contributed by atoms with Gasteiger partial charge in [0.15, 0.2) is 11.5 Å². The molecule has 1 fully saturated rings. The van der Waals surface area contributed by atoms with Crippen molar-refractivity contribution < 1.29 is 18.6 Å². The fraction of sp³-hybridized carbons (Fsp3) is 0.417. The summed E-state index contributed by atoms with van der Waals surface area (Å²) in [7, 11) is 1.61. The Morgan fingerprint density at radius 3 is 2.41 bits per heavy atom. The second-order valence-corrected chi connectivity index (χ2v) is 8.31. The van der Waals surface area contributed by atoms with Gasteiger partial charge in [-0.15, -0.1) is 0 Å². The molecule has 0 atom stereocenters. The van der Waals surface area contributed by atoms with Gasteiger partial charge in [-0.1, -0.05) is 0 Å². The van der Waals surface area contributed by atoms with Crippen LogP contribution in [-0.2, 0) is 6.54 Å². The number of fused-ring (bicyclic) bond motifs is 1. The van der Waals surface area contributed by atoms with Crippen molar-refractivity contribution in [3.63, 3.8) is 0 Å². The Balaban J connectivity index is 1.28. The fourth-order valence-electron chi connectivity index (χ4n) is 4.32. The first-order chi connectivity index (χ1) is 15.5. The van der Waals surface area contributed by atoms with Gasteiger partial charge in [0.2, 0.25) is 18.4 Å². The number of ether oxygens (including phenoxy) is 3. The van der Waals surface area contributed by atoms with Gasteiger partial charge >= 0.3 is 0 Å². The zero-order valence-corrected chi connectivity index (χ0v) is 19.0. The molecule has 0 spiro atoms. The van der Waals surface area contributed by atoms with Crippen molar-refractivity contribution in [1.82, 2.24) is 14.9 Å². The number of aryl methyl sites for hydroxylation is 3. The first kappa shape index (κ1) is 20.6. The molecule has 0 radical (unpaired) electrons. The Morgan fingerprint density at radius 2 is 1.69 bits per heavy atom. The summed E-state index contributed by atoms with van der Waals surface area (Å²) >= 11 is 0. The number of nitrogens with zero attached hydrogens (tertiary/aromatic N) is 4. The van der Waals surface area contributed by atoms with Crippen molar-refractivity contribution in [1.29, 1.82) is 0 Å². The van der Waals surface area contributed by atoms with Crippen molar-refractivity contribution in [3.8, 4) is 28.7 Å². The molecule has 0 unspecified atom stereocenters. The average Bonchev–Trinajstić information content (AvgIpc) is 3.39. The lowest BCUT2D eigenvalue weighted by molar-refractivity contribution is 0.171. The quantitative estimate of drug-likeness (QED) is 0.599. The lowest BCUT2D eigenvalue weighted by atomic mass is 10.2. The number of aromatic nitrogens is 2. The van der Waals surface area contributed by atoms with E-state index in [-0.39, 0.29) is 6.79 Å². The van der Waals surface area contributed by atoms with Gasteiger partial charge in [0.1, 0.15) is 5.76 Å². The van der Waals surface area contributed by atoms with E-state index in [1.54, 1.807) is 7.11 Å². The van der Waals surface area contributed by atoms with Crippen LogP contribution in [0.1, 0.15) is 22.8 Å². The maximum Gasteiger partial charge on any atom is 0.231 e. The normalized spacial score (nSPS) is 15.9. The predicted octanol–water partition coefficient (Wildman–Crippen LogP) is 3.72. The van der Waals surface area contributed by atoms with Gasteiger partial charge in [-0.25, -0.2) is 4.98 Å². The maximum atomic E-state index is 6.01. The highest BCUT2D eigenvalue weighted by Gasteiger charge is 2.24. The molecule has 2 aromatic heterocycles. The van der Waals surface area contributed by atoms with E-state index in [9.17, 15) is 0 Å². The van der Waals surface area contributed by atoms with Crippen LogP contribution in [0.3, 0.4) is 0 Å². The fourth-order valence-corrected chi connectivity index (χ4v) is 4.32. The largest absolute Gasteiger partial charge is 0.493 e. The van der Waals surface area contributed by atoms with Gasteiger partial charge in [0.05, 0.1) is 12.8 Å². The highest BCUT2D eigenvalue weighted by atomic mass is 16.7. The molecule has 168 valence electrons. The van der Waals surface area contributed by atoms with Crippen LogP contribution in [0.5, 0.6) is 17.2 Å². The molecule has 5 rings (SSSR count). The zero-order valence-electron chi connectivity index (χ0n) is 19.0. The summed E-state index contributed by atoms with van der Waals surface area (Å²) in [6.45, 7) is 10.9. The highest BCUT2D eigenvalue weighted by molar-refractivity contribution is 5.66. The van der Waals surface area contributed by atoms with Crippen LogP contribution < -0.4 is 19.1 Å². The molecule has 2 aliphatic rings. The molecule has 0 saturated carbocycles. The summed E-state index contributed by atoms with van der Waals surface area (Å²) in [5.74, 6) is 3.28. The summed E-state index contributed by atoms with van der Waals surface area (Å²) in [6.07, 6.45) is 0. The van der Waals surface area contributed by atoms with Crippen molar-refractivity contribution >= 4 is 5.69 Å². The third-order valence-electron chi connectivity index (χ3n) is 5.98. The van der Waals surface area contributed by atoms with Crippen LogP contribution in [0.15, 0.2) is 28.7 Å². The van der Waals surface area contributed by atoms with E-state index in [0.29, 0.717) is 23.1 Å². The molecule has 0 bridgehead atoms. The predicted molar refractivity (Wildman–Crippen MR) is 121 cm³/mol. The van der Waals surface area contributed by atoms with Crippen molar-refractivity contribution in [3.05, 3.63) is 47.1 Å². The Labute approximate surface area is 187 Å². The first-order valence-electron chi connectivity index (χ1n) is 10.9. The van der Waals surface area contributed by atoms with Gasteiger partial charge in [-0.05, 0) is 45.0 Å². The average molecular weight is 437 g/mol. The molecule has 1 saturated heterocycles. The number of oxazole rings is 1. The van der Waals surface area contributed by atoms with Crippen molar-refractivity contribution in [2.24, 2.45) is 0 Å². The molecule has 0 amide bonds. The van der Waals surface area contributed by atoms with Crippen LogP contribution in [-0.4, -0.2) is 54.9 Å². The molecule has 1 aromatic carbocycles. The van der Waals surface area contributed by atoms with Crippen LogP contribution in [0.2, 0.25) is 0 Å². The molecule has 0 aliphatic carbocycles. The van der Waals surface area contributed by atoms with Crippen LogP contribution in [0.25, 0.3) is 11.5 Å². The van der Waals surface area contributed by atoms with Crippen LogP contribution >= 0.6 is 0 Å². The zero-order chi connectivity index (χ0) is 22.2. The third-order valence-corrected chi connectivity index (χ3v) is 5.98. The molecule has 8 heteroatoms. The van der Waals surface area contributed by atoms with Crippen molar-refractivity contribution in [2.75, 3.05) is 45.0 Å². The molecule has 4 heterocycles. The number of hydrogen-bond acceptors (Lipinski definition) is 8. The minimum absolute atomic E-state index is 0.190. The molecule has 8 nitrogen and oxygen atoms in total. The second kappa shape index (κ2) is 8.35. The molecule has 2 aliphatic heterocycles. The van der Waals surface area contributed by atoms with E-state index in [1.165, 1.54) is 5.69 Å². The van der Waals surface area contributed by atoms with E-state index < -0.39 is 0 Å². The monoisotopic (exact) mass is 436 g/mol. The number of benzene rings is 1. The third kappa shape index (κ3) is 3.98. The molecule has 0 N–H and O–H groups in total. The van der Waals surface area contributed by atoms with Crippen molar-refractivity contribution in [2.45, 2.75) is 27.3 Å². The number of piperazine rings is 1. The second-order valence-electron chi connectivity index (χ2n) is 8.31. The molecule has 3 aromatic rings. The summed E-state index contributed by atoms with van der Waals surface area (Å²) in [6, 6.07) is 8.09. The van der Waals surface area contributed by atoms with E-state index in [4.69, 9.17) is 23.6 Å². The highest BCUT2D eigenvalue weighted by Crippen LogP contribution is 2.44. The lowest BCUT2D eigenvalue weighted by Crippen LogP contribution is -2.46. The van der Waals surface area contributed by atoms with E-state index in [2.05, 4.69) is 26.9 Å². The van der Waals surface area contributed by atoms with Gasteiger partial charge in [-0.2, -0.15) is 0 Å². The minimum atomic E-state index is 0.190. The van der Waals surface area contributed by atoms with Crippen LogP contribution in [0, 0.1) is 20.8 Å². The summed E-state index contributed by atoms with van der Waals surface area (Å²) < 4.78 is 22.5. The standard InChI is InChI=1S/C24H28N4O4/c1-15-9-19(10-16(2)25-15)28-7-5-27(6-8-28)13-20-17(3)32-24(26-20)18-11-21(29-4)23-22(12-18)30-14-31-23/h9-12H,5-8,13-14H2,1-4H3. The molecular weight excluding hydrogens is 408 g/mol. The van der Waals surface area contributed by atoms with E-state index >= 15 is 0 Å². The molecule has 32 heavy (non-hydrogen) atoms. The first-order valence-corrected chi connectivity index (χ1v) is 10.9. The smallest absolute Gasteiger partial charge is 0.231 e. The Hall–Kier alpha value is -3.26. The summed E-state index contributed by atoms with van der Waals surface area (Å²) in [4.78, 5) is 14.1. The molecular formula is C24H28N4O4. The summed E-state index contributed by atoms with van der Waals surface area (Å²) in [5.41, 5.74) is 5.15. The van der Waals surface area contributed by atoms with E-state index in [1.807, 2.05) is 32.9 Å². The lowest BCUT2D eigenvalue weighted by Gasteiger charge is -2.36. The number of rotatable bonds is 5. The van der Waals surface area contributed by atoms with Crippen LogP contribution in [0.4, 0.5) is 5.69 Å². The number of anilines is 1. The number of pyridine rings is 1. The van der Waals surface area contributed by atoms with Gasteiger partial charge in [0.25, 0.3) is 0 Å². The summed E-state index contributed by atoms with van der Waals surface area (Å²) in [5, 5.41) is 0. The minimum Gasteiger partial charge on any atom is -0.493 e. The maximum absolute atomic E-state index is 6.01.